The molecule has 19 heavy (non-hydrogen) atoms. The number of aliphatic hydroxyl groups is 1. The van der Waals surface area contributed by atoms with Crippen molar-refractivity contribution in [1.29, 1.82) is 0 Å². The van der Waals surface area contributed by atoms with Crippen LogP contribution < -0.4 is 0 Å². The maximum atomic E-state index is 8.56. The Kier molecular flexibility index (Phi) is 18.4. The van der Waals surface area contributed by atoms with E-state index in [1.807, 2.05) is 6.08 Å². The first-order chi connectivity index (χ1) is 9.41. The molecule has 0 unspecified atom stereocenters. The van der Waals surface area contributed by atoms with Gasteiger partial charge in [-0.2, -0.15) is 0 Å². The van der Waals surface area contributed by atoms with E-state index in [1.165, 1.54) is 68.7 Å². The summed E-state index contributed by atoms with van der Waals surface area (Å²) in [5.74, 6) is 0. The third-order valence-corrected chi connectivity index (χ3v) is 5.64. The number of allylic oxidation sites excluding steroid dienone is 2. The van der Waals surface area contributed by atoms with Crippen molar-refractivity contribution in [3.63, 3.8) is 0 Å². The fourth-order valence-corrected chi connectivity index (χ4v) is 4.00. The first-order valence-corrected chi connectivity index (χ1v) is 10.9. The van der Waals surface area contributed by atoms with E-state index < -0.39 is 0 Å². The van der Waals surface area contributed by atoms with Gasteiger partial charge in [0.1, 0.15) is 0 Å². The summed E-state index contributed by atoms with van der Waals surface area (Å²) in [6.07, 6.45) is 20.1. The van der Waals surface area contributed by atoms with Crippen molar-refractivity contribution in [3.05, 3.63) is 22.4 Å². The van der Waals surface area contributed by atoms with E-state index in [9.17, 15) is 0 Å². The molecule has 0 aliphatic heterocycles. The van der Waals surface area contributed by atoms with Gasteiger partial charge in [0.15, 0.2) is 0 Å². The van der Waals surface area contributed by atoms with E-state index in [2.05, 4.69) is 17.1 Å². The minimum absolute atomic E-state index is 0.0904. The fourth-order valence-electron chi connectivity index (χ4n) is 1.98. The Bertz CT molecular complexity index is 211. The van der Waals surface area contributed by atoms with Crippen molar-refractivity contribution >= 4 is 20.9 Å². The second-order valence-electron chi connectivity index (χ2n) is 4.99. The molecule has 0 bridgehead atoms. The summed E-state index contributed by atoms with van der Waals surface area (Å²) < 4.78 is 3.76. The number of unbranched alkanes of at least 4 members (excludes halogenated alkanes) is 9. The monoisotopic (exact) mass is 382 g/mol. The molecule has 0 fully saturated rings. The summed E-state index contributed by atoms with van der Waals surface area (Å²) in [6, 6.07) is 0. The van der Waals surface area contributed by atoms with Crippen LogP contribution in [0.5, 0.6) is 0 Å². The molecule has 0 aliphatic carbocycles. The first-order valence-electron chi connectivity index (χ1n) is 7.96. The van der Waals surface area contributed by atoms with Gasteiger partial charge in [-0.25, -0.2) is 0 Å². The van der Waals surface area contributed by atoms with Gasteiger partial charge in [0, 0.05) is 0 Å². The molecule has 0 aromatic rings. The average molecular weight is 380 g/mol. The maximum absolute atomic E-state index is 8.56. The number of rotatable bonds is 14. The molecule has 0 heterocycles. The average Bonchev–Trinajstić information content (AvgIpc) is 2.43. The van der Waals surface area contributed by atoms with Gasteiger partial charge in [-0.05, 0) is 0 Å². The van der Waals surface area contributed by atoms with Crippen molar-refractivity contribution in [3.8, 4) is 0 Å². The van der Waals surface area contributed by atoms with Gasteiger partial charge in [-0.15, -0.1) is 0 Å². The van der Waals surface area contributed by atoms with Crippen molar-refractivity contribution < 1.29 is 5.11 Å². The molecule has 0 atom stereocenters. The third kappa shape index (κ3) is 18.2. The second-order valence-corrected chi connectivity index (χ2v) is 7.89. The fraction of sp³-hybridized carbons (Fsp3) is 0.765. The zero-order valence-corrected chi connectivity index (χ0v) is 15.0. The van der Waals surface area contributed by atoms with Crippen LogP contribution in [0.1, 0.15) is 71.1 Å². The number of aliphatic hydroxyl groups excluding tert-OH is 1. The molecule has 1 nitrogen and oxygen atoms in total. The molecule has 1 N–H and O–H groups in total. The van der Waals surface area contributed by atoms with Crippen molar-refractivity contribution in [2.75, 3.05) is 6.61 Å². The van der Waals surface area contributed by atoms with E-state index >= 15 is 0 Å². The summed E-state index contributed by atoms with van der Waals surface area (Å²) in [6.45, 7) is 2.44. The van der Waals surface area contributed by atoms with Crippen LogP contribution in [0.3, 0.4) is 0 Å². The normalized spacial score (nSPS) is 11.9. The second kappa shape index (κ2) is 18.2. The van der Waals surface area contributed by atoms with Gasteiger partial charge < -0.3 is 0 Å². The van der Waals surface area contributed by atoms with Crippen LogP contribution in [0.25, 0.3) is 0 Å². The first kappa shape index (κ1) is 19.2. The minimum atomic E-state index is 0.0904. The Morgan fingerprint density at radius 3 is 1.95 bits per heavy atom. The SMILES string of the molecule is CCCCCCCCCCCC[Te]/C=C\C=C\CO. The Balaban J connectivity index is 3.02. The van der Waals surface area contributed by atoms with Crippen molar-refractivity contribution in [2.45, 2.75) is 75.6 Å². The van der Waals surface area contributed by atoms with Crippen LogP contribution in [0.4, 0.5) is 0 Å². The molecule has 0 spiro atoms. The quantitative estimate of drug-likeness (QED) is 0.253. The van der Waals surface area contributed by atoms with Gasteiger partial charge >= 0.3 is 131 Å². The molecular formula is C17H32OTe. The molecule has 112 valence electrons. The van der Waals surface area contributed by atoms with E-state index in [0.29, 0.717) is 0 Å². The third-order valence-electron chi connectivity index (χ3n) is 3.14. The molecule has 0 aromatic heterocycles. The topological polar surface area (TPSA) is 20.2 Å². The summed E-state index contributed by atoms with van der Waals surface area (Å²) >= 11 is 0.0904. The van der Waals surface area contributed by atoms with Crippen molar-refractivity contribution in [2.24, 2.45) is 0 Å². The molecule has 0 saturated carbocycles. The predicted molar refractivity (Wildman–Crippen MR) is 87.8 cm³/mol. The Morgan fingerprint density at radius 2 is 1.37 bits per heavy atom. The zero-order valence-electron chi connectivity index (χ0n) is 12.7. The Labute approximate surface area is 130 Å². The number of hydrogen-bond donors (Lipinski definition) is 1. The van der Waals surface area contributed by atoms with Crippen LogP contribution in [-0.2, 0) is 0 Å². The van der Waals surface area contributed by atoms with Gasteiger partial charge in [0.25, 0.3) is 0 Å². The molecular weight excluding hydrogens is 348 g/mol. The molecule has 2 heteroatoms. The van der Waals surface area contributed by atoms with E-state index in [-0.39, 0.29) is 27.5 Å². The van der Waals surface area contributed by atoms with Gasteiger partial charge in [-0.1, -0.05) is 0 Å². The Hall–Kier alpha value is 0.230. The summed E-state index contributed by atoms with van der Waals surface area (Å²) in [7, 11) is 0. The van der Waals surface area contributed by atoms with Crippen LogP contribution in [0.15, 0.2) is 22.4 Å². The molecule has 0 aliphatic rings. The number of hydrogen-bond acceptors (Lipinski definition) is 1. The summed E-state index contributed by atoms with van der Waals surface area (Å²) in [5, 5.41) is 8.56. The van der Waals surface area contributed by atoms with E-state index in [4.69, 9.17) is 5.11 Å². The van der Waals surface area contributed by atoms with Crippen LogP contribution in [-0.4, -0.2) is 32.6 Å². The van der Waals surface area contributed by atoms with Gasteiger partial charge in [0.2, 0.25) is 0 Å². The molecule has 0 aromatic carbocycles. The Morgan fingerprint density at radius 1 is 0.789 bits per heavy atom. The van der Waals surface area contributed by atoms with Crippen LogP contribution in [0.2, 0.25) is 4.47 Å². The zero-order chi connectivity index (χ0) is 14.0. The molecule has 0 radical (unpaired) electrons. The molecule has 0 saturated heterocycles. The molecule has 0 rings (SSSR count). The standard InChI is InChI=1S/C17H32OTe/c1-2-3-4-5-6-7-8-9-10-13-16-19-17-14-11-12-15-18/h11-12,14,17-18H,2-10,13,15-16H2,1H3/b12-11+,17-14-. The van der Waals surface area contributed by atoms with Crippen molar-refractivity contribution in [1.82, 2.24) is 0 Å². The predicted octanol–water partition coefficient (Wildman–Crippen LogP) is 5.09. The van der Waals surface area contributed by atoms with Crippen LogP contribution >= 0.6 is 0 Å². The molecule has 0 amide bonds. The van der Waals surface area contributed by atoms with Gasteiger partial charge in [0.05, 0.1) is 0 Å². The van der Waals surface area contributed by atoms with Crippen LogP contribution in [0, 0.1) is 0 Å². The summed E-state index contributed by atoms with van der Waals surface area (Å²) in [4.78, 5) is 0. The van der Waals surface area contributed by atoms with Gasteiger partial charge in [-0.3, -0.25) is 0 Å². The summed E-state index contributed by atoms with van der Waals surface area (Å²) in [5.41, 5.74) is 0. The van der Waals surface area contributed by atoms with E-state index in [0.717, 1.165) is 0 Å². The van der Waals surface area contributed by atoms with E-state index in [1.54, 1.807) is 6.08 Å².